The van der Waals surface area contributed by atoms with Crippen molar-refractivity contribution in [2.75, 3.05) is 20.8 Å². The van der Waals surface area contributed by atoms with Crippen LogP contribution in [0.15, 0.2) is 22.6 Å². The van der Waals surface area contributed by atoms with Crippen LogP contribution in [0.4, 0.5) is 8.78 Å². The fourth-order valence-corrected chi connectivity index (χ4v) is 6.92. The lowest BCUT2D eigenvalue weighted by Crippen LogP contribution is -2.62. The van der Waals surface area contributed by atoms with E-state index in [-0.39, 0.29) is 25.3 Å². The van der Waals surface area contributed by atoms with Crippen LogP contribution in [-0.4, -0.2) is 58.4 Å². The van der Waals surface area contributed by atoms with Crippen molar-refractivity contribution in [3.63, 3.8) is 0 Å². The molecule has 4 rings (SSSR count). The van der Waals surface area contributed by atoms with E-state index in [1.165, 1.54) is 0 Å². The number of benzene rings is 1. The molecule has 1 amide bonds. The van der Waals surface area contributed by atoms with Gasteiger partial charge in [-0.2, -0.15) is 8.78 Å². The minimum Gasteiger partial charge on any atom is -0.493 e. The van der Waals surface area contributed by atoms with E-state index in [2.05, 4.69) is 10.2 Å². The topological polar surface area (TPSA) is 97.9 Å². The molecule has 1 saturated carbocycles. The number of amides is 1. The maximum atomic E-state index is 15.8. The Labute approximate surface area is 229 Å². The summed E-state index contributed by atoms with van der Waals surface area (Å²) in [6, 6.07) is 5.00. The van der Waals surface area contributed by atoms with Crippen LogP contribution in [0, 0.1) is 10.8 Å². The van der Waals surface area contributed by atoms with Gasteiger partial charge in [-0.25, -0.2) is 0 Å². The molecule has 39 heavy (non-hydrogen) atoms. The van der Waals surface area contributed by atoms with Crippen molar-refractivity contribution in [1.82, 2.24) is 15.1 Å². The monoisotopic (exact) mass is 549 g/mol. The molecule has 2 aromatic rings. The van der Waals surface area contributed by atoms with E-state index in [0.717, 1.165) is 23.3 Å². The van der Waals surface area contributed by atoms with E-state index in [1.54, 1.807) is 14.2 Å². The fourth-order valence-electron chi connectivity index (χ4n) is 6.92. The summed E-state index contributed by atoms with van der Waals surface area (Å²) in [7, 11) is 3.18. The molecule has 1 aliphatic carbocycles. The van der Waals surface area contributed by atoms with Crippen LogP contribution in [0.1, 0.15) is 89.6 Å². The van der Waals surface area contributed by atoms with E-state index in [9.17, 15) is 9.90 Å². The first-order chi connectivity index (χ1) is 18.2. The molecule has 1 saturated heterocycles. The summed E-state index contributed by atoms with van der Waals surface area (Å²) in [4.78, 5) is 14.4. The molecule has 10 heteroatoms. The smallest absolute Gasteiger partial charge is 0.352 e. The summed E-state index contributed by atoms with van der Waals surface area (Å²) >= 11 is 0. The molecule has 216 valence electrons. The third-order valence-electron chi connectivity index (χ3n) is 7.94. The zero-order valence-corrected chi connectivity index (χ0v) is 23.9. The molecule has 8 nitrogen and oxygen atoms in total. The second kappa shape index (κ2) is 10.7. The lowest BCUT2D eigenvalue weighted by molar-refractivity contribution is -0.231. The number of hydrogen-bond donors (Lipinski definition) is 1. The van der Waals surface area contributed by atoms with Crippen LogP contribution in [-0.2, 0) is 17.6 Å². The molecule has 0 unspecified atom stereocenters. The highest BCUT2D eigenvalue weighted by Gasteiger charge is 2.65. The number of alkyl halides is 2. The summed E-state index contributed by atoms with van der Waals surface area (Å²) in [5, 5.41) is 19.5. The van der Waals surface area contributed by atoms with E-state index < -0.39 is 34.3 Å². The lowest BCUT2D eigenvalue weighted by Gasteiger charge is -2.51. The number of ether oxygens (including phenoxy) is 2. The summed E-state index contributed by atoms with van der Waals surface area (Å²) < 4.78 is 48.1. The van der Waals surface area contributed by atoms with E-state index in [0.29, 0.717) is 43.1 Å². The van der Waals surface area contributed by atoms with Crippen LogP contribution >= 0.6 is 0 Å². The Kier molecular flexibility index (Phi) is 8.00. The third kappa shape index (κ3) is 6.05. The summed E-state index contributed by atoms with van der Waals surface area (Å²) in [6.07, 6.45) is 3.35. The van der Waals surface area contributed by atoms with Crippen molar-refractivity contribution in [1.29, 1.82) is 0 Å². The van der Waals surface area contributed by atoms with Crippen molar-refractivity contribution in [2.45, 2.75) is 96.6 Å². The van der Waals surface area contributed by atoms with Gasteiger partial charge in [0.2, 0.25) is 11.8 Å². The first-order valence-corrected chi connectivity index (χ1v) is 13.6. The van der Waals surface area contributed by atoms with Crippen molar-refractivity contribution in [3.8, 4) is 11.5 Å². The Morgan fingerprint density at radius 2 is 1.74 bits per heavy atom. The van der Waals surface area contributed by atoms with Crippen molar-refractivity contribution < 1.29 is 32.6 Å². The highest BCUT2D eigenvalue weighted by atomic mass is 19.3. The van der Waals surface area contributed by atoms with Crippen molar-refractivity contribution in [2.24, 2.45) is 10.8 Å². The minimum atomic E-state index is -3.94. The maximum absolute atomic E-state index is 15.8. The van der Waals surface area contributed by atoms with Gasteiger partial charge in [-0.05, 0) is 73.5 Å². The number of methoxy groups -OCH3 is 2. The molecule has 1 atom stereocenters. The van der Waals surface area contributed by atoms with Gasteiger partial charge in [-0.1, -0.05) is 33.8 Å². The Balaban J connectivity index is 1.43. The molecule has 2 heterocycles. The van der Waals surface area contributed by atoms with Crippen LogP contribution in [0.5, 0.6) is 11.5 Å². The second-order valence-corrected chi connectivity index (χ2v) is 12.7. The highest BCUT2D eigenvalue weighted by molar-refractivity contribution is 5.85. The number of carbonyl (C=O) groups is 1. The van der Waals surface area contributed by atoms with E-state index in [4.69, 9.17) is 13.9 Å². The number of aliphatic hydroxyl groups is 1. The quantitative estimate of drug-likeness (QED) is 0.439. The molecule has 1 aliphatic heterocycles. The zero-order chi connectivity index (χ0) is 28.6. The van der Waals surface area contributed by atoms with Crippen LogP contribution in [0.2, 0.25) is 0 Å². The van der Waals surface area contributed by atoms with Crippen molar-refractivity contribution >= 4 is 5.91 Å². The number of aromatic nitrogens is 2. The lowest BCUT2D eigenvalue weighted by atomic mass is 9.58. The van der Waals surface area contributed by atoms with Gasteiger partial charge in [-0.15, -0.1) is 10.2 Å². The highest BCUT2D eigenvalue weighted by Crippen LogP contribution is 2.55. The molecule has 0 spiro atoms. The third-order valence-corrected chi connectivity index (χ3v) is 7.94. The largest absolute Gasteiger partial charge is 0.493 e. The number of likely N-dealkylation sites (tertiary alicyclic amines) is 1. The number of hydrogen-bond acceptors (Lipinski definition) is 7. The molecule has 0 radical (unpaired) electrons. The fraction of sp³-hybridized carbons (Fsp3) is 0.690. The van der Waals surface area contributed by atoms with Gasteiger partial charge >= 0.3 is 5.92 Å². The van der Waals surface area contributed by atoms with Gasteiger partial charge in [0.05, 0.1) is 14.2 Å². The summed E-state index contributed by atoms with van der Waals surface area (Å²) in [6.45, 7) is 7.61. The average molecular weight is 550 g/mol. The average Bonchev–Trinajstić information content (AvgIpc) is 3.50. The Morgan fingerprint density at radius 1 is 1.08 bits per heavy atom. The van der Waals surface area contributed by atoms with Gasteiger partial charge < -0.3 is 23.9 Å². The molecule has 1 N–H and O–H groups in total. The SMILES string of the molecule is COc1ccc(CCCc2nnc([C@@H]3CCCN3C(=O)C(F)(F)C3(O)CC(C)(C)CC(C)(C)C3)o2)cc1OC. The molecule has 2 aliphatic rings. The molecular weight excluding hydrogens is 508 g/mol. The molecule has 1 aromatic heterocycles. The minimum absolute atomic E-state index is 0.147. The van der Waals surface area contributed by atoms with Gasteiger partial charge in [0.1, 0.15) is 11.6 Å². The van der Waals surface area contributed by atoms with Gasteiger partial charge in [-0.3, -0.25) is 4.79 Å². The predicted octanol–water partition coefficient (Wildman–Crippen LogP) is 5.53. The standard InChI is InChI=1S/C29H41F2N3O5/c1-26(2)16-27(3,4)18-28(36,17-26)29(30,31)25(35)34-14-8-10-20(34)24-33-32-23(39-24)11-7-9-19-12-13-21(37-5)22(15-19)38-6/h12-13,15,20,36H,7-11,14,16-18H2,1-6H3/t20-/m0/s1. The number of aryl methyl sites for hydroxylation is 2. The molecule has 1 aromatic carbocycles. The van der Waals surface area contributed by atoms with E-state index >= 15 is 8.78 Å². The van der Waals surface area contributed by atoms with Gasteiger partial charge in [0.25, 0.3) is 5.91 Å². The molecular formula is C29H41F2N3O5. The van der Waals surface area contributed by atoms with Gasteiger partial charge in [0.15, 0.2) is 11.5 Å². The Hall–Kier alpha value is -2.75. The number of carbonyl (C=O) groups excluding carboxylic acids is 1. The van der Waals surface area contributed by atoms with Crippen molar-refractivity contribution in [3.05, 3.63) is 35.5 Å². The second-order valence-electron chi connectivity index (χ2n) is 12.7. The zero-order valence-electron chi connectivity index (χ0n) is 23.9. The summed E-state index contributed by atoms with van der Waals surface area (Å²) in [5.41, 5.74) is -2.41. The van der Waals surface area contributed by atoms with E-state index in [1.807, 2.05) is 45.9 Å². The van der Waals surface area contributed by atoms with Crippen LogP contribution in [0.3, 0.4) is 0 Å². The first kappa shape index (κ1) is 29.2. The van der Waals surface area contributed by atoms with Gasteiger partial charge in [0, 0.05) is 13.0 Å². The Bertz CT molecular complexity index is 1160. The molecule has 0 bridgehead atoms. The number of nitrogens with zero attached hydrogens (tertiary/aromatic N) is 3. The predicted molar refractivity (Wildman–Crippen MR) is 141 cm³/mol. The summed E-state index contributed by atoms with van der Waals surface area (Å²) in [5.74, 6) is -3.43. The number of halogens is 2. The Morgan fingerprint density at radius 3 is 2.38 bits per heavy atom. The van der Waals surface area contributed by atoms with Crippen LogP contribution in [0.25, 0.3) is 0 Å². The number of rotatable bonds is 9. The first-order valence-electron chi connectivity index (χ1n) is 13.6. The maximum Gasteiger partial charge on any atom is 0.352 e. The molecule has 2 fully saturated rings. The van der Waals surface area contributed by atoms with Crippen LogP contribution < -0.4 is 9.47 Å². The normalized spacial score (nSPS) is 22.1.